The molecule has 28 heavy (non-hydrogen) atoms. The van der Waals surface area contributed by atoms with Crippen LogP contribution in [0.25, 0.3) is 10.9 Å². The number of hydrogen-bond acceptors (Lipinski definition) is 4. The lowest BCUT2D eigenvalue weighted by molar-refractivity contribution is -0.137. The molecule has 0 bridgehead atoms. The zero-order valence-electron chi connectivity index (χ0n) is 17.4. The third-order valence-electron chi connectivity index (χ3n) is 6.39. The van der Waals surface area contributed by atoms with Gasteiger partial charge in [0.25, 0.3) is 0 Å². The number of carbonyl (C=O) groups is 1. The van der Waals surface area contributed by atoms with E-state index in [0.717, 1.165) is 45.2 Å². The lowest BCUT2D eigenvalue weighted by atomic mass is 9.93. The number of Topliss-reactive ketones (excluding diaryl/α,β-unsaturated/α-hetero) is 1. The molecule has 1 aromatic heterocycles. The van der Waals surface area contributed by atoms with Gasteiger partial charge in [-0.2, -0.15) is 5.10 Å². The molecule has 5 heteroatoms. The number of ether oxygens (including phenoxy) is 1. The summed E-state index contributed by atoms with van der Waals surface area (Å²) in [7, 11) is 0. The van der Waals surface area contributed by atoms with E-state index in [-0.39, 0.29) is 12.1 Å². The summed E-state index contributed by atoms with van der Waals surface area (Å²) >= 11 is 0. The van der Waals surface area contributed by atoms with Crippen molar-refractivity contribution in [2.45, 2.75) is 65.1 Å². The van der Waals surface area contributed by atoms with Crippen LogP contribution in [0.5, 0.6) is 0 Å². The zero-order valence-corrected chi connectivity index (χ0v) is 17.4. The molecule has 2 aliphatic heterocycles. The van der Waals surface area contributed by atoms with Gasteiger partial charge in [0.05, 0.1) is 17.8 Å². The number of ketones is 1. The highest BCUT2D eigenvalue weighted by atomic mass is 16.5. The van der Waals surface area contributed by atoms with Crippen LogP contribution in [0, 0.1) is 11.8 Å². The fraction of sp³-hybridized carbons (Fsp3) is 0.652. The summed E-state index contributed by atoms with van der Waals surface area (Å²) in [6.07, 6.45) is 7.13. The summed E-state index contributed by atoms with van der Waals surface area (Å²) in [6.45, 7) is 8.96. The Morgan fingerprint density at radius 2 is 2.04 bits per heavy atom. The summed E-state index contributed by atoms with van der Waals surface area (Å²) in [5.41, 5.74) is 2.64. The number of fused-ring (bicyclic) bond motifs is 1. The Labute approximate surface area is 168 Å². The van der Waals surface area contributed by atoms with E-state index in [0.29, 0.717) is 24.3 Å². The minimum absolute atomic E-state index is 0.108. The molecule has 2 unspecified atom stereocenters. The van der Waals surface area contributed by atoms with Gasteiger partial charge in [-0.05, 0) is 62.6 Å². The first-order valence-electron chi connectivity index (χ1n) is 10.8. The number of nitrogens with zero attached hydrogens (tertiary/aromatic N) is 3. The van der Waals surface area contributed by atoms with E-state index in [1.54, 1.807) is 6.92 Å². The van der Waals surface area contributed by atoms with Crippen LogP contribution in [-0.2, 0) is 16.0 Å². The van der Waals surface area contributed by atoms with Crippen molar-refractivity contribution in [1.82, 2.24) is 14.7 Å². The van der Waals surface area contributed by atoms with Crippen molar-refractivity contribution in [2.75, 3.05) is 19.7 Å². The van der Waals surface area contributed by atoms with Gasteiger partial charge in [-0.3, -0.25) is 14.4 Å². The lowest BCUT2D eigenvalue weighted by Crippen LogP contribution is -2.46. The van der Waals surface area contributed by atoms with Crippen molar-refractivity contribution in [2.24, 2.45) is 11.8 Å². The van der Waals surface area contributed by atoms with Crippen LogP contribution in [0.15, 0.2) is 24.4 Å². The molecule has 1 aromatic carbocycles. The van der Waals surface area contributed by atoms with Gasteiger partial charge in [0.1, 0.15) is 12.0 Å². The quantitative estimate of drug-likeness (QED) is 0.776. The molecule has 2 fully saturated rings. The summed E-state index contributed by atoms with van der Waals surface area (Å²) in [5, 5.41) is 5.98. The topological polar surface area (TPSA) is 47.4 Å². The molecular weight excluding hydrogens is 350 g/mol. The van der Waals surface area contributed by atoms with Crippen LogP contribution in [0.1, 0.15) is 58.1 Å². The average molecular weight is 384 g/mol. The minimum Gasteiger partial charge on any atom is -0.363 e. The van der Waals surface area contributed by atoms with Crippen LogP contribution < -0.4 is 0 Å². The Hall–Kier alpha value is -1.72. The molecule has 0 radical (unpaired) electrons. The van der Waals surface area contributed by atoms with Gasteiger partial charge < -0.3 is 4.74 Å². The number of piperidine rings is 1. The normalized spacial score (nSPS) is 24.9. The number of aromatic nitrogens is 2. The van der Waals surface area contributed by atoms with Gasteiger partial charge in [0.2, 0.25) is 0 Å². The van der Waals surface area contributed by atoms with E-state index in [9.17, 15) is 4.79 Å². The molecule has 5 nitrogen and oxygen atoms in total. The molecule has 2 aromatic rings. The predicted molar refractivity (Wildman–Crippen MR) is 111 cm³/mol. The second kappa shape index (κ2) is 8.34. The smallest absolute Gasteiger partial charge is 0.133 e. The standard InChI is InChI=1S/C23H33N3O2/c1-16(2)12-18-4-5-22-20(13-18)15-24-26(22)21-6-9-25(10-7-21)23-14-19(17(3)27)8-11-28-23/h4-5,13,15-16,19,21,23H,6-12,14H2,1-3H3. The van der Waals surface area contributed by atoms with Gasteiger partial charge in [-0.15, -0.1) is 0 Å². The summed E-state index contributed by atoms with van der Waals surface area (Å²) in [4.78, 5) is 14.2. The SMILES string of the molecule is CC(=O)C1CCOC(N2CCC(n3ncc4cc(CC(C)C)ccc43)CC2)C1. The third-order valence-corrected chi connectivity index (χ3v) is 6.39. The number of benzene rings is 1. The monoisotopic (exact) mass is 383 g/mol. The van der Waals surface area contributed by atoms with Gasteiger partial charge in [-0.1, -0.05) is 19.9 Å². The van der Waals surface area contributed by atoms with Gasteiger partial charge >= 0.3 is 0 Å². The molecule has 0 aliphatic carbocycles. The molecule has 152 valence electrons. The first kappa shape index (κ1) is 19.6. The molecule has 0 N–H and O–H groups in total. The second-order valence-electron chi connectivity index (χ2n) is 9.00. The van der Waals surface area contributed by atoms with Crippen LogP contribution in [0.4, 0.5) is 0 Å². The molecule has 3 heterocycles. The van der Waals surface area contributed by atoms with Crippen LogP contribution in [-0.4, -0.2) is 46.4 Å². The maximum Gasteiger partial charge on any atom is 0.133 e. The first-order valence-corrected chi connectivity index (χ1v) is 10.8. The molecule has 0 saturated carbocycles. The van der Waals surface area contributed by atoms with Crippen molar-refractivity contribution in [3.63, 3.8) is 0 Å². The van der Waals surface area contributed by atoms with E-state index >= 15 is 0 Å². The van der Waals surface area contributed by atoms with E-state index in [4.69, 9.17) is 9.84 Å². The maximum absolute atomic E-state index is 11.8. The fourth-order valence-corrected chi connectivity index (χ4v) is 4.81. The summed E-state index contributed by atoms with van der Waals surface area (Å²) in [6, 6.07) is 7.24. The number of carbonyl (C=O) groups excluding carboxylic acids is 1. The van der Waals surface area contributed by atoms with Crippen molar-refractivity contribution < 1.29 is 9.53 Å². The molecule has 4 rings (SSSR count). The van der Waals surface area contributed by atoms with E-state index in [2.05, 4.69) is 41.6 Å². The Morgan fingerprint density at radius 1 is 1.25 bits per heavy atom. The van der Waals surface area contributed by atoms with Crippen molar-refractivity contribution >= 4 is 16.7 Å². The predicted octanol–water partition coefficient (Wildman–Crippen LogP) is 4.21. The zero-order chi connectivity index (χ0) is 19.7. The highest BCUT2D eigenvalue weighted by Gasteiger charge is 2.32. The Bertz CT molecular complexity index is 820. The lowest BCUT2D eigenvalue weighted by Gasteiger charge is -2.40. The van der Waals surface area contributed by atoms with Crippen LogP contribution in [0.2, 0.25) is 0 Å². The van der Waals surface area contributed by atoms with Gasteiger partial charge in [0.15, 0.2) is 0 Å². The molecule has 0 amide bonds. The average Bonchev–Trinajstić information content (AvgIpc) is 3.11. The molecule has 2 aliphatic rings. The summed E-state index contributed by atoms with van der Waals surface area (Å²) in [5.74, 6) is 1.15. The fourth-order valence-electron chi connectivity index (χ4n) is 4.81. The third kappa shape index (κ3) is 4.15. The van der Waals surface area contributed by atoms with Crippen molar-refractivity contribution in [3.8, 4) is 0 Å². The highest BCUT2D eigenvalue weighted by molar-refractivity contribution is 5.79. The van der Waals surface area contributed by atoms with E-state index < -0.39 is 0 Å². The Kier molecular flexibility index (Phi) is 5.83. The van der Waals surface area contributed by atoms with Crippen LogP contribution >= 0.6 is 0 Å². The molecule has 2 saturated heterocycles. The maximum atomic E-state index is 11.8. The van der Waals surface area contributed by atoms with Crippen molar-refractivity contribution in [1.29, 1.82) is 0 Å². The largest absolute Gasteiger partial charge is 0.363 e. The molecule has 2 atom stereocenters. The van der Waals surface area contributed by atoms with E-state index in [1.165, 1.54) is 16.5 Å². The molecular formula is C23H33N3O2. The number of hydrogen-bond donors (Lipinski definition) is 0. The molecule has 0 spiro atoms. The first-order chi connectivity index (χ1) is 13.5. The highest BCUT2D eigenvalue weighted by Crippen LogP contribution is 2.31. The van der Waals surface area contributed by atoms with Gasteiger partial charge in [-0.25, -0.2) is 0 Å². The Balaban J connectivity index is 1.40. The van der Waals surface area contributed by atoms with Crippen molar-refractivity contribution in [3.05, 3.63) is 30.0 Å². The second-order valence-corrected chi connectivity index (χ2v) is 9.00. The summed E-state index contributed by atoms with van der Waals surface area (Å²) < 4.78 is 8.22. The van der Waals surface area contributed by atoms with Crippen LogP contribution in [0.3, 0.4) is 0 Å². The minimum atomic E-state index is 0.108. The van der Waals surface area contributed by atoms with Gasteiger partial charge in [0, 0.05) is 31.0 Å². The number of rotatable bonds is 5. The number of likely N-dealkylation sites (tertiary alicyclic amines) is 1. The van der Waals surface area contributed by atoms with E-state index in [1.807, 2.05) is 6.20 Å². The Morgan fingerprint density at radius 3 is 2.75 bits per heavy atom.